The quantitative estimate of drug-likeness (QED) is 0.898. The highest BCUT2D eigenvalue weighted by atomic mass is 32.2. The van der Waals surface area contributed by atoms with Gasteiger partial charge in [0.25, 0.3) is 5.91 Å². The summed E-state index contributed by atoms with van der Waals surface area (Å²) in [5.74, 6) is 0.786. The van der Waals surface area contributed by atoms with E-state index in [2.05, 4.69) is 5.32 Å². The molecule has 2 amide bonds. The van der Waals surface area contributed by atoms with Crippen molar-refractivity contribution in [1.82, 2.24) is 0 Å². The van der Waals surface area contributed by atoms with E-state index in [-0.39, 0.29) is 18.4 Å². The average molecular weight is 294 g/mol. The number of hydrogen-bond acceptors (Lipinski definition) is 4. The lowest BCUT2D eigenvalue weighted by molar-refractivity contribution is -0.125. The number of carbonyl (C=O) groups is 2. The summed E-state index contributed by atoms with van der Waals surface area (Å²) in [4.78, 5) is 25.0. The summed E-state index contributed by atoms with van der Waals surface area (Å²) in [6.45, 7) is 1.25. The molecule has 0 aromatic heterocycles. The maximum atomic E-state index is 11.7. The minimum atomic E-state index is -0.0343. The molecular formula is C14H18N2O3S. The monoisotopic (exact) mass is 294 g/mol. The maximum absolute atomic E-state index is 11.7. The topological polar surface area (TPSA) is 58.6 Å². The van der Waals surface area contributed by atoms with Gasteiger partial charge in [-0.25, -0.2) is 0 Å². The van der Waals surface area contributed by atoms with Crippen LogP contribution in [0.15, 0.2) is 24.3 Å². The molecule has 0 aliphatic carbocycles. The molecule has 0 bridgehead atoms. The number of benzene rings is 1. The minimum absolute atomic E-state index is 0.00884. The van der Waals surface area contributed by atoms with Crippen LogP contribution in [-0.2, 0) is 14.3 Å². The van der Waals surface area contributed by atoms with Gasteiger partial charge in [-0.3, -0.25) is 9.59 Å². The van der Waals surface area contributed by atoms with Crippen LogP contribution in [0.3, 0.4) is 0 Å². The van der Waals surface area contributed by atoms with Crippen molar-refractivity contribution in [3.05, 3.63) is 24.3 Å². The number of rotatable bonds is 5. The number of carbonyl (C=O) groups excluding carboxylic acids is 2. The molecule has 108 valence electrons. The van der Waals surface area contributed by atoms with Crippen LogP contribution in [-0.4, -0.2) is 43.6 Å². The molecule has 1 aliphatic heterocycles. The molecule has 0 unspecified atom stereocenters. The Morgan fingerprint density at radius 3 is 2.80 bits per heavy atom. The molecule has 5 nitrogen and oxygen atoms in total. The molecule has 1 heterocycles. The predicted octanol–water partition coefficient (Wildman–Crippen LogP) is 1.74. The van der Waals surface area contributed by atoms with Crippen LogP contribution in [0, 0.1) is 0 Å². The van der Waals surface area contributed by atoms with Gasteiger partial charge in [0.2, 0.25) is 5.91 Å². The van der Waals surface area contributed by atoms with E-state index in [0.717, 1.165) is 17.1 Å². The fourth-order valence-corrected chi connectivity index (χ4v) is 2.32. The van der Waals surface area contributed by atoms with Crippen molar-refractivity contribution in [2.45, 2.75) is 6.42 Å². The van der Waals surface area contributed by atoms with Gasteiger partial charge in [0.1, 0.15) is 6.61 Å². The molecule has 1 aromatic rings. The number of morpholine rings is 1. The third-order valence-electron chi connectivity index (χ3n) is 2.98. The first-order valence-corrected chi connectivity index (χ1v) is 7.87. The van der Waals surface area contributed by atoms with E-state index in [0.29, 0.717) is 19.6 Å². The molecule has 0 saturated carbocycles. The largest absolute Gasteiger partial charge is 0.370 e. The second-order valence-electron chi connectivity index (χ2n) is 4.44. The summed E-state index contributed by atoms with van der Waals surface area (Å²) in [5.41, 5.74) is 1.58. The lowest BCUT2D eigenvalue weighted by atomic mass is 10.2. The first kappa shape index (κ1) is 14.9. The highest BCUT2D eigenvalue weighted by molar-refractivity contribution is 7.98. The van der Waals surface area contributed by atoms with E-state index in [1.807, 2.05) is 30.5 Å². The van der Waals surface area contributed by atoms with Crippen LogP contribution in [0.1, 0.15) is 6.42 Å². The van der Waals surface area contributed by atoms with Gasteiger partial charge < -0.3 is 15.0 Å². The highest BCUT2D eigenvalue weighted by Gasteiger charge is 2.19. The Hall–Kier alpha value is -1.53. The summed E-state index contributed by atoms with van der Waals surface area (Å²) in [5, 5.41) is 2.84. The molecule has 1 aliphatic rings. The molecular weight excluding hydrogens is 276 g/mol. The number of ether oxygens (including phenoxy) is 1. The first-order chi connectivity index (χ1) is 9.70. The molecule has 2 rings (SSSR count). The summed E-state index contributed by atoms with van der Waals surface area (Å²) in [6.07, 6.45) is 2.48. The minimum Gasteiger partial charge on any atom is -0.370 e. The van der Waals surface area contributed by atoms with Gasteiger partial charge in [-0.1, -0.05) is 0 Å². The van der Waals surface area contributed by atoms with E-state index < -0.39 is 0 Å². The Morgan fingerprint density at radius 1 is 1.40 bits per heavy atom. The number of hydrogen-bond donors (Lipinski definition) is 1. The number of thioether (sulfide) groups is 1. The zero-order valence-electron chi connectivity index (χ0n) is 11.4. The number of anilines is 2. The fourth-order valence-electron chi connectivity index (χ4n) is 1.93. The van der Waals surface area contributed by atoms with Crippen LogP contribution >= 0.6 is 11.8 Å². The fraction of sp³-hybridized carbons (Fsp3) is 0.429. The van der Waals surface area contributed by atoms with Gasteiger partial charge in [0.05, 0.1) is 6.61 Å². The van der Waals surface area contributed by atoms with Crippen molar-refractivity contribution in [2.24, 2.45) is 0 Å². The van der Waals surface area contributed by atoms with Gasteiger partial charge in [-0.15, -0.1) is 0 Å². The Balaban J connectivity index is 1.95. The second kappa shape index (κ2) is 7.31. The van der Waals surface area contributed by atoms with Crippen molar-refractivity contribution < 1.29 is 14.3 Å². The summed E-state index contributed by atoms with van der Waals surface area (Å²) >= 11 is 1.65. The number of amides is 2. The molecule has 0 atom stereocenters. The third kappa shape index (κ3) is 3.98. The molecule has 0 spiro atoms. The molecule has 1 N–H and O–H groups in total. The molecule has 1 saturated heterocycles. The van der Waals surface area contributed by atoms with Gasteiger partial charge in [-0.05, 0) is 30.5 Å². The lowest BCUT2D eigenvalue weighted by Gasteiger charge is -2.26. The molecule has 6 heteroatoms. The van der Waals surface area contributed by atoms with E-state index in [4.69, 9.17) is 4.74 Å². The van der Waals surface area contributed by atoms with Crippen LogP contribution < -0.4 is 10.2 Å². The molecule has 0 radical (unpaired) electrons. The lowest BCUT2D eigenvalue weighted by Crippen LogP contribution is -2.41. The van der Waals surface area contributed by atoms with E-state index >= 15 is 0 Å². The standard InChI is InChI=1S/C14H18N2O3S/c1-20-9-6-13(17)15-11-2-4-12(5-3-11)16-7-8-19-10-14(16)18/h2-5H,6-10H2,1H3,(H,15,17). The molecule has 1 fully saturated rings. The SMILES string of the molecule is CSCCC(=O)Nc1ccc(N2CCOCC2=O)cc1. The van der Waals surface area contributed by atoms with Gasteiger partial charge in [0.15, 0.2) is 0 Å². The summed E-state index contributed by atoms with van der Waals surface area (Å²) in [6, 6.07) is 7.31. The molecule has 20 heavy (non-hydrogen) atoms. The van der Waals surface area contributed by atoms with E-state index in [1.54, 1.807) is 16.7 Å². The maximum Gasteiger partial charge on any atom is 0.253 e. The van der Waals surface area contributed by atoms with Crippen molar-refractivity contribution in [1.29, 1.82) is 0 Å². The predicted molar refractivity (Wildman–Crippen MR) is 81.2 cm³/mol. The Labute approximate surface area is 122 Å². The van der Waals surface area contributed by atoms with Crippen LogP contribution in [0.2, 0.25) is 0 Å². The Bertz CT molecular complexity index is 476. The van der Waals surface area contributed by atoms with Crippen molar-refractivity contribution in [2.75, 3.05) is 42.0 Å². The van der Waals surface area contributed by atoms with Crippen molar-refractivity contribution in [3.63, 3.8) is 0 Å². The Morgan fingerprint density at radius 2 is 2.15 bits per heavy atom. The highest BCUT2D eigenvalue weighted by Crippen LogP contribution is 2.19. The third-order valence-corrected chi connectivity index (χ3v) is 3.59. The number of nitrogens with zero attached hydrogens (tertiary/aromatic N) is 1. The molecule has 1 aromatic carbocycles. The normalized spacial score (nSPS) is 15.2. The van der Waals surface area contributed by atoms with Crippen molar-refractivity contribution in [3.8, 4) is 0 Å². The average Bonchev–Trinajstić information content (AvgIpc) is 2.47. The van der Waals surface area contributed by atoms with E-state index in [1.165, 1.54) is 0 Å². The second-order valence-corrected chi connectivity index (χ2v) is 5.42. The van der Waals surface area contributed by atoms with Gasteiger partial charge in [-0.2, -0.15) is 11.8 Å². The Kier molecular flexibility index (Phi) is 5.43. The zero-order valence-corrected chi connectivity index (χ0v) is 12.2. The zero-order chi connectivity index (χ0) is 14.4. The summed E-state index contributed by atoms with van der Waals surface area (Å²) < 4.78 is 5.10. The van der Waals surface area contributed by atoms with Crippen LogP contribution in [0.4, 0.5) is 11.4 Å². The summed E-state index contributed by atoms with van der Waals surface area (Å²) in [7, 11) is 0. The van der Waals surface area contributed by atoms with Crippen LogP contribution in [0.25, 0.3) is 0 Å². The van der Waals surface area contributed by atoms with Gasteiger partial charge >= 0.3 is 0 Å². The van der Waals surface area contributed by atoms with Crippen molar-refractivity contribution >= 4 is 35.0 Å². The number of nitrogens with one attached hydrogen (secondary N) is 1. The first-order valence-electron chi connectivity index (χ1n) is 6.47. The van der Waals surface area contributed by atoms with E-state index in [9.17, 15) is 9.59 Å². The van der Waals surface area contributed by atoms with Crippen LogP contribution in [0.5, 0.6) is 0 Å². The van der Waals surface area contributed by atoms with Gasteiger partial charge in [0, 0.05) is 30.1 Å². The smallest absolute Gasteiger partial charge is 0.253 e.